The van der Waals surface area contributed by atoms with Crippen LogP contribution < -0.4 is 0 Å². The van der Waals surface area contributed by atoms with Crippen LogP contribution in [-0.2, 0) is 0 Å². The number of hydrogen-bond acceptors (Lipinski definition) is 0. The Balaban J connectivity index is 3.13. The SMILES string of the molecule is [CH2]CC=CC=CCC. The summed E-state index contributed by atoms with van der Waals surface area (Å²) in [5.74, 6) is 0. The topological polar surface area (TPSA) is 0 Å². The van der Waals surface area contributed by atoms with E-state index in [0.29, 0.717) is 0 Å². The highest BCUT2D eigenvalue weighted by atomic mass is 13.7. The third-order valence-electron chi connectivity index (χ3n) is 0.786. The largest absolute Gasteiger partial charge is 0.0848 e. The van der Waals surface area contributed by atoms with Crippen LogP contribution in [-0.4, -0.2) is 0 Å². The highest BCUT2D eigenvalue weighted by Gasteiger charge is 1.61. The smallest absolute Gasteiger partial charge is 0.0347 e. The van der Waals surface area contributed by atoms with Gasteiger partial charge in [0.15, 0.2) is 0 Å². The van der Waals surface area contributed by atoms with Crippen LogP contribution >= 0.6 is 0 Å². The molecule has 0 spiro atoms. The summed E-state index contributed by atoms with van der Waals surface area (Å²) in [5, 5.41) is 0. The Morgan fingerprint density at radius 3 is 2.38 bits per heavy atom. The molecule has 0 bridgehead atoms. The molecule has 0 N–H and O–H groups in total. The first-order valence-corrected chi connectivity index (χ1v) is 3.02. The normalized spacial score (nSPS) is 11.8. The van der Waals surface area contributed by atoms with E-state index >= 15 is 0 Å². The minimum atomic E-state index is 0.883. The molecular weight excluding hydrogens is 96.1 g/mol. The maximum absolute atomic E-state index is 3.66. The van der Waals surface area contributed by atoms with Crippen molar-refractivity contribution in [3.05, 3.63) is 31.2 Å². The fourth-order valence-electron chi connectivity index (χ4n) is 0.389. The lowest BCUT2D eigenvalue weighted by molar-refractivity contribution is 1.22. The summed E-state index contributed by atoms with van der Waals surface area (Å²) in [4.78, 5) is 0. The van der Waals surface area contributed by atoms with Crippen LogP contribution in [0.5, 0.6) is 0 Å². The van der Waals surface area contributed by atoms with Gasteiger partial charge in [-0.1, -0.05) is 31.2 Å². The van der Waals surface area contributed by atoms with E-state index in [-0.39, 0.29) is 0 Å². The Kier molecular flexibility index (Phi) is 6.06. The third-order valence-corrected chi connectivity index (χ3v) is 0.786. The highest BCUT2D eigenvalue weighted by Crippen LogP contribution is 1.83. The monoisotopic (exact) mass is 109 g/mol. The Hall–Kier alpha value is -0.520. The van der Waals surface area contributed by atoms with Gasteiger partial charge in [0, 0.05) is 0 Å². The minimum Gasteiger partial charge on any atom is -0.0848 e. The lowest BCUT2D eigenvalue weighted by atomic mass is 10.3. The Bertz CT molecular complexity index is 66.0. The standard InChI is InChI=1S/C8H13/c1-3-5-7-8-6-4-2/h5-8H,1,3-4H2,2H3. The molecule has 1 radical (unpaired) electrons. The van der Waals surface area contributed by atoms with Crippen molar-refractivity contribution in [3.63, 3.8) is 0 Å². The van der Waals surface area contributed by atoms with Crippen LogP contribution in [0.4, 0.5) is 0 Å². The molecule has 0 rings (SSSR count). The van der Waals surface area contributed by atoms with Gasteiger partial charge in [-0.3, -0.25) is 0 Å². The molecule has 45 valence electrons. The summed E-state index contributed by atoms with van der Waals surface area (Å²) >= 11 is 0. The van der Waals surface area contributed by atoms with Crippen molar-refractivity contribution in [1.29, 1.82) is 0 Å². The molecule has 0 atom stereocenters. The maximum Gasteiger partial charge on any atom is -0.0347 e. The number of rotatable bonds is 3. The molecular formula is C8H13. The second-order valence-corrected chi connectivity index (χ2v) is 1.55. The number of hydrogen-bond donors (Lipinski definition) is 0. The van der Waals surface area contributed by atoms with Crippen LogP contribution in [0.2, 0.25) is 0 Å². The van der Waals surface area contributed by atoms with E-state index in [2.05, 4.69) is 19.9 Å². The zero-order chi connectivity index (χ0) is 6.24. The van der Waals surface area contributed by atoms with Crippen LogP contribution in [0.25, 0.3) is 0 Å². The van der Waals surface area contributed by atoms with Crippen LogP contribution in [0.1, 0.15) is 19.8 Å². The van der Waals surface area contributed by atoms with Gasteiger partial charge in [-0.2, -0.15) is 0 Å². The first-order valence-electron chi connectivity index (χ1n) is 3.02. The highest BCUT2D eigenvalue weighted by molar-refractivity contribution is 5.01. The van der Waals surface area contributed by atoms with E-state index in [0.717, 1.165) is 12.8 Å². The van der Waals surface area contributed by atoms with Crippen molar-refractivity contribution in [1.82, 2.24) is 0 Å². The predicted molar refractivity (Wildman–Crippen MR) is 38.5 cm³/mol. The molecule has 0 saturated carbocycles. The quantitative estimate of drug-likeness (QED) is 0.489. The van der Waals surface area contributed by atoms with Gasteiger partial charge >= 0.3 is 0 Å². The van der Waals surface area contributed by atoms with Crippen LogP contribution in [0.15, 0.2) is 24.3 Å². The fraction of sp³-hybridized carbons (Fsp3) is 0.375. The van der Waals surface area contributed by atoms with Gasteiger partial charge in [0.05, 0.1) is 0 Å². The Morgan fingerprint density at radius 2 is 1.88 bits per heavy atom. The molecule has 0 nitrogen and oxygen atoms in total. The summed E-state index contributed by atoms with van der Waals surface area (Å²) < 4.78 is 0. The van der Waals surface area contributed by atoms with E-state index in [1.165, 1.54) is 0 Å². The number of allylic oxidation sites excluding steroid dienone is 4. The molecule has 0 aliphatic heterocycles. The molecule has 0 aromatic heterocycles. The van der Waals surface area contributed by atoms with Gasteiger partial charge < -0.3 is 0 Å². The van der Waals surface area contributed by atoms with Gasteiger partial charge in [-0.05, 0) is 19.8 Å². The summed E-state index contributed by atoms with van der Waals surface area (Å²) in [7, 11) is 0. The second-order valence-electron chi connectivity index (χ2n) is 1.55. The first-order chi connectivity index (χ1) is 3.91. The molecule has 0 aliphatic rings. The summed E-state index contributed by atoms with van der Waals surface area (Å²) in [6, 6.07) is 0. The van der Waals surface area contributed by atoms with E-state index in [4.69, 9.17) is 0 Å². The van der Waals surface area contributed by atoms with Gasteiger partial charge in [0.25, 0.3) is 0 Å². The van der Waals surface area contributed by atoms with Crippen LogP contribution in [0.3, 0.4) is 0 Å². The van der Waals surface area contributed by atoms with Gasteiger partial charge in [-0.25, -0.2) is 0 Å². The van der Waals surface area contributed by atoms with E-state index in [1.807, 2.05) is 18.2 Å². The van der Waals surface area contributed by atoms with Crippen molar-refractivity contribution >= 4 is 0 Å². The summed E-state index contributed by atoms with van der Waals surface area (Å²) in [5.41, 5.74) is 0. The van der Waals surface area contributed by atoms with Gasteiger partial charge in [0.1, 0.15) is 0 Å². The van der Waals surface area contributed by atoms with Crippen molar-refractivity contribution in [2.24, 2.45) is 0 Å². The average molecular weight is 109 g/mol. The van der Waals surface area contributed by atoms with Gasteiger partial charge in [-0.15, -0.1) is 0 Å². The lowest BCUT2D eigenvalue weighted by Gasteiger charge is -1.74. The molecule has 0 fully saturated rings. The molecule has 8 heavy (non-hydrogen) atoms. The van der Waals surface area contributed by atoms with Gasteiger partial charge in [0.2, 0.25) is 0 Å². The summed E-state index contributed by atoms with van der Waals surface area (Å²) in [6.07, 6.45) is 10.2. The fourth-order valence-corrected chi connectivity index (χ4v) is 0.389. The average Bonchev–Trinajstić information content (AvgIpc) is 1.81. The molecule has 0 aromatic rings. The van der Waals surface area contributed by atoms with Crippen molar-refractivity contribution in [2.75, 3.05) is 0 Å². The molecule has 0 aliphatic carbocycles. The third kappa shape index (κ3) is 5.48. The van der Waals surface area contributed by atoms with E-state index in [1.54, 1.807) is 0 Å². The zero-order valence-electron chi connectivity index (χ0n) is 5.43. The molecule has 0 unspecified atom stereocenters. The van der Waals surface area contributed by atoms with E-state index in [9.17, 15) is 0 Å². The van der Waals surface area contributed by atoms with E-state index < -0.39 is 0 Å². The van der Waals surface area contributed by atoms with Crippen LogP contribution in [0, 0.1) is 6.92 Å². The zero-order valence-corrected chi connectivity index (χ0v) is 5.43. The molecule has 0 heteroatoms. The minimum absolute atomic E-state index is 0.883. The molecule has 0 saturated heterocycles. The van der Waals surface area contributed by atoms with Crippen molar-refractivity contribution in [3.8, 4) is 0 Å². The Morgan fingerprint density at radius 1 is 1.25 bits per heavy atom. The second kappa shape index (κ2) is 6.48. The van der Waals surface area contributed by atoms with Crippen molar-refractivity contribution in [2.45, 2.75) is 19.8 Å². The maximum atomic E-state index is 3.66. The summed E-state index contributed by atoms with van der Waals surface area (Å²) in [6.45, 7) is 5.78. The predicted octanol–water partition coefficient (Wildman–Crippen LogP) is 2.73. The molecule has 0 heterocycles. The lowest BCUT2D eigenvalue weighted by Crippen LogP contribution is -1.52. The molecule has 0 aromatic carbocycles. The molecule has 0 amide bonds. The van der Waals surface area contributed by atoms with Crippen molar-refractivity contribution < 1.29 is 0 Å². The Labute approximate surface area is 51.9 Å². The first kappa shape index (κ1) is 7.48.